The third-order valence-corrected chi connectivity index (χ3v) is 3.41. The van der Waals surface area contributed by atoms with E-state index >= 15 is 0 Å². The van der Waals surface area contributed by atoms with Crippen molar-refractivity contribution in [1.29, 1.82) is 0 Å². The summed E-state index contributed by atoms with van der Waals surface area (Å²) in [6.07, 6.45) is 3.10. The van der Waals surface area contributed by atoms with Crippen LogP contribution in [0.15, 0.2) is 67.3 Å². The standard InChI is InChI=1S/C17H16N4O/c1-20(11-14-5-3-2-4-6-14)17(22)15-7-9-16(10-8-15)21-13-18-12-19-21/h2-10,12-13H,11H2,1H3. The van der Waals surface area contributed by atoms with Gasteiger partial charge in [-0.1, -0.05) is 30.3 Å². The molecule has 2 aromatic carbocycles. The lowest BCUT2D eigenvalue weighted by atomic mass is 10.1. The van der Waals surface area contributed by atoms with Gasteiger partial charge in [0, 0.05) is 19.2 Å². The highest BCUT2D eigenvalue weighted by molar-refractivity contribution is 5.94. The highest BCUT2D eigenvalue weighted by atomic mass is 16.2. The van der Waals surface area contributed by atoms with Gasteiger partial charge in [0.05, 0.1) is 5.69 Å². The van der Waals surface area contributed by atoms with Crippen molar-refractivity contribution in [1.82, 2.24) is 19.7 Å². The number of hydrogen-bond acceptors (Lipinski definition) is 3. The third kappa shape index (κ3) is 3.03. The first-order valence-corrected chi connectivity index (χ1v) is 6.98. The number of hydrogen-bond donors (Lipinski definition) is 0. The Labute approximate surface area is 128 Å². The summed E-state index contributed by atoms with van der Waals surface area (Å²) in [5.41, 5.74) is 2.64. The Morgan fingerprint density at radius 2 is 1.82 bits per heavy atom. The van der Waals surface area contributed by atoms with Crippen LogP contribution in [0.5, 0.6) is 0 Å². The van der Waals surface area contributed by atoms with Gasteiger partial charge in [-0.25, -0.2) is 9.67 Å². The molecule has 0 unspecified atom stereocenters. The summed E-state index contributed by atoms with van der Waals surface area (Å²) in [5.74, 6) is -0.00556. The molecule has 1 heterocycles. The van der Waals surface area contributed by atoms with Gasteiger partial charge in [-0.3, -0.25) is 4.79 Å². The Morgan fingerprint density at radius 3 is 2.45 bits per heavy atom. The van der Waals surface area contributed by atoms with E-state index in [1.54, 1.807) is 35.1 Å². The van der Waals surface area contributed by atoms with Crippen molar-refractivity contribution < 1.29 is 4.79 Å². The lowest BCUT2D eigenvalue weighted by Gasteiger charge is -2.17. The normalized spacial score (nSPS) is 10.4. The van der Waals surface area contributed by atoms with Crippen LogP contribution < -0.4 is 0 Å². The molecule has 0 aliphatic carbocycles. The predicted octanol–water partition coefficient (Wildman–Crippen LogP) is 2.54. The fourth-order valence-corrected chi connectivity index (χ4v) is 2.25. The number of carbonyl (C=O) groups excluding carboxylic acids is 1. The van der Waals surface area contributed by atoms with E-state index in [4.69, 9.17) is 0 Å². The smallest absolute Gasteiger partial charge is 0.253 e. The lowest BCUT2D eigenvalue weighted by molar-refractivity contribution is 0.0785. The fraction of sp³-hybridized carbons (Fsp3) is 0.118. The zero-order chi connectivity index (χ0) is 15.4. The molecule has 0 aliphatic heterocycles. The van der Waals surface area contributed by atoms with Crippen molar-refractivity contribution in [2.24, 2.45) is 0 Å². The van der Waals surface area contributed by atoms with Gasteiger partial charge in [0.25, 0.3) is 5.91 Å². The van der Waals surface area contributed by atoms with Crippen molar-refractivity contribution in [3.63, 3.8) is 0 Å². The molecular formula is C17H16N4O. The first-order valence-electron chi connectivity index (χ1n) is 6.98. The number of amides is 1. The van der Waals surface area contributed by atoms with E-state index in [1.807, 2.05) is 42.5 Å². The van der Waals surface area contributed by atoms with Crippen LogP contribution in [0.4, 0.5) is 0 Å². The van der Waals surface area contributed by atoms with Crippen LogP contribution in [0.2, 0.25) is 0 Å². The molecule has 5 heteroatoms. The molecule has 0 saturated carbocycles. The molecule has 110 valence electrons. The zero-order valence-corrected chi connectivity index (χ0v) is 12.3. The lowest BCUT2D eigenvalue weighted by Crippen LogP contribution is -2.26. The predicted molar refractivity (Wildman–Crippen MR) is 83.6 cm³/mol. The summed E-state index contributed by atoms with van der Waals surface area (Å²) in [7, 11) is 1.81. The topological polar surface area (TPSA) is 51.0 Å². The van der Waals surface area contributed by atoms with Crippen molar-refractivity contribution in [2.75, 3.05) is 7.05 Å². The maximum atomic E-state index is 12.4. The summed E-state index contributed by atoms with van der Waals surface area (Å²) in [6, 6.07) is 17.3. The average molecular weight is 292 g/mol. The van der Waals surface area contributed by atoms with Crippen molar-refractivity contribution in [3.05, 3.63) is 78.4 Å². The van der Waals surface area contributed by atoms with Crippen molar-refractivity contribution >= 4 is 5.91 Å². The van der Waals surface area contributed by atoms with Crippen LogP contribution in [0.3, 0.4) is 0 Å². The number of aromatic nitrogens is 3. The SMILES string of the molecule is CN(Cc1ccccc1)C(=O)c1ccc(-n2cncn2)cc1. The minimum absolute atomic E-state index is 0.00556. The van der Waals surface area contributed by atoms with Crippen LogP contribution >= 0.6 is 0 Å². The van der Waals surface area contributed by atoms with E-state index in [2.05, 4.69) is 10.1 Å². The largest absolute Gasteiger partial charge is 0.337 e. The van der Waals surface area contributed by atoms with Crippen molar-refractivity contribution in [3.8, 4) is 5.69 Å². The van der Waals surface area contributed by atoms with Gasteiger partial charge in [-0.15, -0.1) is 0 Å². The molecule has 3 rings (SSSR count). The van der Waals surface area contributed by atoms with Gasteiger partial charge in [0.1, 0.15) is 12.7 Å². The van der Waals surface area contributed by atoms with E-state index in [0.717, 1.165) is 11.3 Å². The number of benzene rings is 2. The van der Waals surface area contributed by atoms with Crippen molar-refractivity contribution in [2.45, 2.75) is 6.54 Å². The maximum absolute atomic E-state index is 12.4. The van der Waals surface area contributed by atoms with E-state index in [9.17, 15) is 4.79 Å². The Kier molecular flexibility index (Phi) is 3.96. The van der Waals surface area contributed by atoms with Crippen LogP contribution in [0, 0.1) is 0 Å². The third-order valence-electron chi connectivity index (χ3n) is 3.41. The highest BCUT2D eigenvalue weighted by Crippen LogP contribution is 2.11. The second-order valence-corrected chi connectivity index (χ2v) is 5.03. The molecular weight excluding hydrogens is 276 g/mol. The number of rotatable bonds is 4. The molecule has 1 aromatic heterocycles. The molecule has 22 heavy (non-hydrogen) atoms. The van der Waals surface area contributed by atoms with Crippen LogP contribution in [-0.2, 0) is 6.54 Å². The summed E-state index contributed by atoms with van der Waals surface area (Å²) in [4.78, 5) is 18.1. The second kappa shape index (κ2) is 6.22. The molecule has 3 aromatic rings. The minimum atomic E-state index is -0.00556. The molecule has 0 aliphatic rings. The Morgan fingerprint density at radius 1 is 1.09 bits per heavy atom. The summed E-state index contributed by atoms with van der Waals surface area (Å²) >= 11 is 0. The number of nitrogens with zero attached hydrogens (tertiary/aromatic N) is 4. The molecule has 0 atom stereocenters. The summed E-state index contributed by atoms with van der Waals surface area (Å²) in [5, 5.41) is 4.06. The molecule has 0 saturated heterocycles. The Bertz CT molecular complexity index is 736. The quantitative estimate of drug-likeness (QED) is 0.742. The summed E-state index contributed by atoms with van der Waals surface area (Å²) in [6.45, 7) is 0.588. The van der Waals surface area contributed by atoms with Gasteiger partial charge in [-0.2, -0.15) is 5.10 Å². The molecule has 1 amide bonds. The maximum Gasteiger partial charge on any atom is 0.253 e. The van der Waals surface area contributed by atoms with E-state index in [-0.39, 0.29) is 5.91 Å². The first-order chi connectivity index (χ1) is 10.7. The first kappa shape index (κ1) is 14.0. The Hall–Kier alpha value is -2.95. The molecule has 0 bridgehead atoms. The molecule has 5 nitrogen and oxygen atoms in total. The van der Waals surface area contributed by atoms with E-state index in [1.165, 1.54) is 6.33 Å². The minimum Gasteiger partial charge on any atom is -0.337 e. The Balaban J connectivity index is 1.72. The van der Waals surface area contributed by atoms with E-state index < -0.39 is 0 Å². The average Bonchev–Trinajstić information content (AvgIpc) is 3.10. The monoisotopic (exact) mass is 292 g/mol. The zero-order valence-electron chi connectivity index (χ0n) is 12.3. The molecule has 0 radical (unpaired) electrons. The fourth-order valence-electron chi connectivity index (χ4n) is 2.25. The molecule has 0 fully saturated rings. The van der Waals surface area contributed by atoms with Crippen LogP contribution in [0.25, 0.3) is 5.69 Å². The van der Waals surface area contributed by atoms with Gasteiger partial charge in [0.15, 0.2) is 0 Å². The molecule has 0 spiro atoms. The van der Waals surface area contributed by atoms with Crippen LogP contribution in [-0.4, -0.2) is 32.6 Å². The van der Waals surface area contributed by atoms with Gasteiger partial charge >= 0.3 is 0 Å². The highest BCUT2D eigenvalue weighted by Gasteiger charge is 2.12. The summed E-state index contributed by atoms with van der Waals surface area (Å²) < 4.78 is 1.65. The van der Waals surface area contributed by atoms with Gasteiger partial charge in [-0.05, 0) is 29.8 Å². The molecule has 0 N–H and O–H groups in total. The van der Waals surface area contributed by atoms with E-state index in [0.29, 0.717) is 12.1 Å². The van der Waals surface area contributed by atoms with Gasteiger partial charge in [0.2, 0.25) is 0 Å². The number of carbonyl (C=O) groups is 1. The van der Waals surface area contributed by atoms with Crippen LogP contribution in [0.1, 0.15) is 15.9 Å². The van der Waals surface area contributed by atoms with Gasteiger partial charge < -0.3 is 4.90 Å². The second-order valence-electron chi connectivity index (χ2n) is 5.03.